The maximum Gasteiger partial charge on any atom is 0.254 e. The van der Waals surface area contributed by atoms with Crippen molar-refractivity contribution in [1.29, 1.82) is 0 Å². The third-order valence-corrected chi connectivity index (χ3v) is 21.0. The number of rotatable bonds is 24. The SMILES string of the molecule is C#Cc1cc(F)c2nc(Nc3cc(OCCN(C)C)cc(-c4cnn(C)c4)c3)ncc2c1.C#Cc1cc(OC)c2nc(Nc3cc(C(=O)N4CCN(C)CC4)cc(-c4cnn(C)c4)c3)ncc2c1.C#Cc1ccc2nc(Nc3cc(CN4CCOCC4)cc(C(N)=O)c3)ncc2c1.CN(C)CCOc1cc(Nc2ncc3cc(Br)cc(F)c3n2)cc(-c2cnn(C)c2)c1. The van der Waals surface area contributed by atoms with Crippen molar-refractivity contribution in [3.8, 4) is 87.7 Å². The molecule has 2 fully saturated rings. The number of primary amides is 1. The molecule has 0 atom stereocenters. The molecule has 0 unspecified atom stereocenters. The van der Waals surface area contributed by atoms with Crippen LogP contribution in [0.3, 0.4) is 0 Å². The van der Waals surface area contributed by atoms with Crippen LogP contribution in [0.2, 0.25) is 0 Å². The maximum absolute atomic E-state index is 14.5. The second kappa shape index (κ2) is 41.3. The molecule has 6 N–H and O–H groups in total. The largest absolute Gasteiger partial charge is 0.494 e. The number of morpholine rings is 1. The lowest BCUT2D eigenvalue weighted by molar-refractivity contribution is 0.0342. The number of likely N-dealkylation sites (N-methyl/N-ethyl adjacent to an activating group) is 3. The first-order valence-corrected chi connectivity index (χ1v) is 41.5. The lowest BCUT2D eigenvalue weighted by Gasteiger charge is -2.32. The highest BCUT2D eigenvalue weighted by atomic mass is 79.9. The van der Waals surface area contributed by atoms with E-state index < -0.39 is 17.5 Å². The number of ether oxygens (including phenoxy) is 4. The van der Waals surface area contributed by atoms with Crippen molar-refractivity contribution in [3.05, 3.63) is 239 Å². The van der Waals surface area contributed by atoms with E-state index in [4.69, 9.17) is 44.0 Å². The number of piperazine rings is 1. The van der Waals surface area contributed by atoms with E-state index in [0.29, 0.717) is 141 Å². The Bertz CT molecular complexity index is 6710. The molecule has 9 heterocycles. The summed E-state index contributed by atoms with van der Waals surface area (Å²) in [4.78, 5) is 71.1. The molecule has 128 heavy (non-hydrogen) atoms. The third-order valence-electron chi connectivity index (χ3n) is 20.5. The number of nitrogens with one attached hydrogen (secondary N) is 4. The van der Waals surface area contributed by atoms with Gasteiger partial charge in [-0.1, -0.05) is 33.7 Å². The van der Waals surface area contributed by atoms with Crippen molar-refractivity contribution < 1.29 is 37.3 Å². The number of nitrogens with two attached hydrogens (primary N) is 1. The number of fused-ring (bicyclic) bond motifs is 4. The summed E-state index contributed by atoms with van der Waals surface area (Å²) in [6.07, 6.45) is 34.1. The zero-order valence-electron chi connectivity index (χ0n) is 72.0. The number of benzene rings is 8. The van der Waals surface area contributed by atoms with E-state index in [9.17, 15) is 18.4 Å². The van der Waals surface area contributed by atoms with Crippen LogP contribution >= 0.6 is 15.9 Å². The van der Waals surface area contributed by atoms with E-state index in [2.05, 4.69) is 132 Å². The summed E-state index contributed by atoms with van der Waals surface area (Å²) in [5, 5.41) is 28.4. The molecule has 8 aromatic carbocycles. The number of carbonyl (C=O) groups is 2. The molecule has 7 aromatic heterocycles. The van der Waals surface area contributed by atoms with Gasteiger partial charge >= 0.3 is 0 Å². The fourth-order valence-electron chi connectivity index (χ4n) is 13.9. The van der Waals surface area contributed by atoms with E-state index in [1.54, 1.807) is 88.8 Å². The smallest absolute Gasteiger partial charge is 0.254 e. The van der Waals surface area contributed by atoms with E-state index in [-0.39, 0.29) is 22.9 Å². The molecule has 2 saturated heterocycles. The van der Waals surface area contributed by atoms with Crippen LogP contribution in [-0.4, -0.2) is 227 Å². The number of hydrogen-bond donors (Lipinski definition) is 5. The number of aromatic nitrogens is 14. The highest BCUT2D eigenvalue weighted by molar-refractivity contribution is 9.10. The van der Waals surface area contributed by atoms with Crippen molar-refractivity contribution in [1.82, 2.24) is 93.7 Å². The first-order valence-electron chi connectivity index (χ1n) is 40.7. The second-order valence-electron chi connectivity index (χ2n) is 30.9. The Morgan fingerprint density at radius 2 is 0.945 bits per heavy atom. The molecule has 0 aliphatic carbocycles. The molecule has 33 heteroatoms. The fourth-order valence-corrected chi connectivity index (χ4v) is 14.4. The molecule has 2 aliphatic rings. The van der Waals surface area contributed by atoms with Gasteiger partial charge in [0.1, 0.15) is 47.0 Å². The van der Waals surface area contributed by atoms with Gasteiger partial charge in [-0.15, -0.1) is 19.3 Å². The van der Waals surface area contributed by atoms with E-state index >= 15 is 0 Å². The minimum absolute atomic E-state index is 0.000182. The average Bonchev–Trinajstić information content (AvgIpc) is 1.04. The predicted octanol–water partition coefficient (Wildman–Crippen LogP) is 13.9. The summed E-state index contributed by atoms with van der Waals surface area (Å²) >= 11 is 3.29. The fraction of sp³-hybridized carbons (Fsp3) is 0.232. The van der Waals surface area contributed by atoms with Gasteiger partial charge in [0, 0.05) is 229 Å². The Hall–Kier alpha value is -14.9. The molecule has 30 nitrogen and oxygen atoms in total. The number of methoxy groups -OCH3 is 1. The van der Waals surface area contributed by atoms with Crippen molar-refractivity contribution in [3.63, 3.8) is 0 Å². The standard InChI is InChI=1S/C27H27N7O2.C24H23FN6O.C22H22BrFN6O.C22H21N5O2/c1-5-18-10-21-15-28-27(31-25(21)24(11-18)36-4)30-23-13-19(22-16-29-33(3)17-22)12-20(14-23)26(35)34-8-6-32(2)7-9-34;1-5-16-8-18-13-26-24(29-23(18)22(25)9-16)28-20-10-17(19-14-27-31(4)15-19)11-21(12-20)32-7-6-30(2)3;1-29(2)4-5-31-19-8-14(16-12-26-30(3)13-16)7-18(10-19)27-22-25-11-15-6-17(23)9-20(24)21(15)28-22;1-2-15-3-4-20-18(9-15)13-24-22(26-20)25-19-11-16(10-17(12-19)21(23)28)14-27-5-7-29-8-6-27/h1,10-17H,6-9H2,2-4H3,(H,28,30,31);1,8-15H,6-7H2,2-4H3,(H,26,28,29);6-13H,4-5H2,1-3H3,(H,25,27,28);1,3-4,9-13H,5-8,14H2,(H2,23,28)(H,24,25,26). The van der Waals surface area contributed by atoms with E-state index in [1.165, 1.54) is 12.1 Å². The van der Waals surface area contributed by atoms with Crippen LogP contribution in [0.4, 0.5) is 55.3 Å². The van der Waals surface area contributed by atoms with Crippen LogP contribution < -0.4 is 41.2 Å². The van der Waals surface area contributed by atoms with Crippen LogP contribution in [-0.2, 0) is 32.4 Å². The molecule has 17 rings (SSSR count). The number of amides is 2. The normalized spacial score (nSPS) is 12.7. The molecule has 0 bridgehead atoms. The quantitative estimate of drug-likeness (QED) is 0.0351. The van der Waals surface area contributed by atoms with Gasteiger partial charge in [-0.2, -0.15) is 15.3 Å². The molecule has 650 valence electrons. The van der Waals surface area contributed by atoms with E-state index in [1.807, 2.05) is 169 Å². The summed E-state index contributed by atoms with van der Waals surface area (Å²) in [5.74, 6) is 9.65. The number of nitrogens with zero attached hydrogens (tertiary/aromatic N) is 19. The zero-order chi connectivity index (χ0) is 90.1. The number of halogens is 3. The van der Waals surface area contributed by atoms with Gasteiger partial charge in [-0.05, 0) is 173 Å². The molecule has 0 saturated carbocycles. The van der Waals surface area contributed by atoms with Crippen molar-refractivity contribution in [2.75, 3.05) is 142 Å². The summed E-state index contributed by atoms with van der Waals surface area (Å²) in [6, 6.07) is 38.1. The summed E-state index contributed by atoms with van der Waals surface area (Å²) in [7, 11) is 17.2. The predicted molar refractivity (Wildman–Crippen MR) is 498 cm³/mol. The van der Waals surface area contributed by atoms with Crippen LogP contribution in [0.5, 0.6) is 17.2 Å². The number of carbonyl (C=O) groups excluding carboxylic acids is 2. The zero-order valence-corrected chi connectivity index (χ0v) is 73.6. The molecule has 0 spiro atoms. The molecule has 2 amide bonds. The Kier molecular flexibility index (Phi) is 28.8. The highest BCUT2D eigenvalue weighted by Crippen LogP contribution is 2.36. The van der Waals surface area contributed by atoms with Crippen LogP contribution in [0, 0.1) is 48.7 Å². The number of aryl methyl sites for hydroxylation is 3. The highest BCUT2D eigenvalue weighted by Gasteiger charge is 2.24. The van der Waals surface area contributed by atoms with Gasteiger partial charge in [-0.25, -0.2) is 48.7 Å². The van der Waals surface area contributed by atoms with Gasteiger partial charge in [-0.3, -0.25) is 28.5 Å². The number of terminal acetylenes is 3. The van der Waals surface area contributed by atoms with Gasteiger partial charge < -0.3 is 65.5 Å². The van der Waals surface area contributed by atoms with Crippen LogP contribution in [0.15, 0.2) is 194 Å². The Balaban J connectivity index is 0.000000138. The van der Waals surface area contributed by atoms with E-state index in [0.717, 1.165) is 106 Å². The van der Waals surface area contributed by atoms with Crippen molar-refractivity contribution >= 4 is 118 Å². The molecular weight excluding hydrogens is 1690 g/mol. The molecular formula is C95H93BrF2N24O6. The first-order chi connectivity index (χ1) is 61.8. The third kappa shape index (κ3) is 23.6. The lowest BCUT2D eigenvalue weighted by Crippen LogP contribution is -2.47. The van der Waals surface area contributed by atoms with Gasteiger partial charge in [0.15, 0.2) is 11.6 Å². The number of hydrogen-bond acceptors (Lipinski definition) is 25. The summed E-state index contributed by atoms with van der Waals surface area (Å²) < 4.78 is 57.5. The maximum atomic E-state index is 14.5. The lowest BCUT2D eigenvalue weighted by atomic mass is 10.0. The van der Waals surface area contributed by atoms with Gasteiger partial charge in [0.05, 0.1) is 44.4 Å². The van der Waals surface area contributed by atoms with Crippen molar-refractivity contribution in [2.24, 2.45) is 26.9 Å². The Morgan fingerprint density at radius 3 is 1.45 bits per heavy atom. The molecule has 0 radical (unpaired) electrons. The topological polar surface area (TPSA) is 318 Å². The summed E-state index contributed by atoms with van der Waals surface area (Å²) in [5.41, 5.74) is 19.8. The summed E-state index contributed by atoms with van der Waals surface area (Å²) in [6.45, 7) is 9.63. The average molecular weight is 1780 g/mol. The Labute approximate surface area is 747 Å². The monoisotopic (exact) mass is 1780 g/mol. The first kappa shape index (κ1) is 89.4. The molecule has 2 aliphatic heterocycles. The molecule has 15 aromatic rings. The minimum Gasteiger partial charge on any atom is -0.494 e. The van der Waals surface area contributed by atoms with Crippen LogP contribution in [0.1, 0.15) is 43.0 Å². The minimum atomic E-state index is -0.488. The second-order valence-corrected chi connectivity index (χ2v) is 31.8. The Morgan fingerprint density at radius 1 is 0.492 bits per heavy atom. The van der Waals surface area contributed by atoms with Gasteiger partial charge in [0.2, 0.25) is 29.7 Å². The number of anilines is 8. The van der Waals surface area contributed by atoms with Gasteiger partial charge in [0.25, 0.3) is 5.91 Å². The van der Waals surface area contributed by atoms with Crippen LogP contribution in [0.25, 0.3) is 77.0 Å². The van der Waals surface area contributed by atoms with Crippen molar-refractivity contribution in [2.45, 2.75) is 6.54 Å².